The van der Waals surface area contributed by atoms with Crippen LogP contribution in [0.15, 0.2) is 18.2 Å². The average Bonchev–Trinajstić information content (AvgIpc) is 2.32. The first-order chi connectivity index (χ1) is 8.17. The van der Waals surface area contributed by atoms with Crippen molar-refractivity contribution in [1.82, 2.24) is 5.32 Å². The van der Waals surface area contributed by atoms with E-state index in [0.717, 1.165) is 31.4 Å². The lowest BCUT2D eigenvalue weighted by molar-refractivity contribution is 0.189. The molecular formula is C13H19ClFNO. The lowest BCUT2D eigenvalue weighted by atomic mass is 10.0. The van der Waals surface area contributed by atoms with Gasteiger partial charge in [-0.15, -0.1) is 0 Å². The molecule has 0 radical (unpaired) electrons. The molecule has 0 saturated carbocycles. The van der Waals surface area contributed by atoms with Gasteiger partial charge in [-0.25, -0.2) is 4.39 Å². The van der Waals surface area contributed by atoms with Crippen molar-refractivity contribution in [2.75, 3.05) is 20.8 Å². The van der Waals surface area contributed by atoms with Crippen LogP contribution < -0.4 is 5.32 Å². The van der Waals surface area contributed by atoms with Crippen LogP contribution >= 0.6 is 11.6 Å². The summed E-state index contributed by atoms with van der Waals surface area (Å²) in [6, 6.07) is 4.78. The molecule has 0 aliphatic heterocycles. The molecule has 0 saturated heterocycles. The van der Waals surface area contributed by atoms with Gasteiger partial charge in [0, 0.05) is 24.8 Å². The Morgan fingerprint density at radius 3 is 2.88 bits per heavy atom. The fraction of sp³-hybridized carbons (Fsp3) is 0.538. The fourth-order valence-corrected chi connectivity index (χ4v) is 1.98. The molecule has 0 aromatic heterocycles. The van der Waals surface area contributed by atoms with Gasteiger partial charge in [-0.05, 0) is 50.1 Å². The zero-order chi connectivity index (χ0) is 12.7. The second kappa shape index (κ2) is 7.64. The minimum Gasteiger partial charge on any atom is -0.385 e. The summed E-state index contributed by atoms with van der Waals surface area (Å²) in [4.78, 5) is 0. The lowest BCUT2D eigenvalue weighted by Crippen LogP contribution is -2.28. The number of benzene rings is 1. The van der Waals surface area contributed by atoms with Gasteiger partial charge in [0.25, 0.3) is 0 Å². The predicted molar refractivity (Wildman–Crippen MR) is 69.1 cm³/mol. The SMILES string of the molecule is CNC(CCCOC)Cc1cc(F)ccc1Cl. The number of hydrogen-bond donors (Lipinski definition) is 1. The summed E-state index contributed by atoms with van der Waals surface area (Å²) in [6.45, 7) is 0.745. The van der Waals surface area contributed by atoms with E-state index in [1.54, 1.807) is 13.2 Å². The maximum Gasteiger partial charge on any atom is 0.123 e. The Morgan fingerprint density at radius 1 is 1.47 bits per heavy atom. The van der Waals surface area contributed by atoms with E-state index < -0.39 is 0 Å². The molecule has 4 heteroatoms. The van der Waals surface area contributed by atoms with Crippen molar-refractivity contribution < 1.29 is 9.13 Å². The first kappa shape index (κ1) is 14.4. The zero-order valence-corrected chi connectivity index (χ0v) is 11.1. The van der Waals surface area contributed by atoms with Crippen molar-refractivity contribution in [1.29, 1.82) is 0 Å². The molecule has 0 amide bonds. The summed E-state index contributed by atoms with van der Waals surface area (Å²) < 4.78 is 18.1. The van der Waals surface area contributed by atoms with Gasteiger partial charge in [0.2, 0.25) is 0 Å². The molecule has 1 atom stereocenters. The van der Waals surface area contributed by atoms with Gasteiger partial charge in [0.1, 0.15) is 5.82 Å². The predicted octanol–water partition coefficient (Wildman–Crippen LogP) is 3.04. The summed E-state index contributed by atoms with van der Waals surface area (Å²) in [5.41, 5.74) is 0.850. The molecule has 0 fully saturated rings. The molecule has 17 heavy (non-hydrogen) atoms. The zero-order valence-electron chi connectivity index (χ0n) is 10.3. The first-order valence-corrected chi connectivity index (χ1v) is 6.15. The van der Waals surface area contributed by atoms with Crippen molar-refractivity contribution in [2.24, 2.45) is 0 Å². The van der Waals surface area contributed by atoms with Crippen LogP contribution in [0.5, 0.6) is 0 Å². The van der Waals surface area contributed by atoms with Crippen LogP contribution in [0.4, 0.5) is 4.39 Å². The van der Waals surface area contributed by atoms with Gasteiger partial charge >= 0.3 is 0 Å². The topological polar surface area (TPSA) is 21.3 Å². The quantitative estimate of drug-likeness (QED) is 0.760. The number of methoxy groups -OCH3 is 1. The Morgan fingerprint density at radius 2 is 2.24 bits per heavy atom. The Hall–Kier alpha value is -0.640. The number of nitrogens with one attached hydrogen (secondary N) is 1. The van der Waals surface area contributed by atoms with Crippen molar-refractivity contribution in [3.8, 4) is 0 Å². The highest BCUT2D eigenvalue weighted by molar-refractivity contribution is 6.31. The summed E-state index contributed by atoms with van der Waals surface area (Å²) in [6.07, 6.45) is 2.70. The second-order valence-corrected chi connectivity index (χ2v) is 4.47. The van der Waals surface area contributed by atoms with E-state index >= 15 is 0 Å². The van der Waals surface area contributed by atoms with Gasteiger partial charge in [0.15, 0.2) is 0 Å². The van der Waals surface area contributed by atoms with E-state index in [1.807, 2.05) is 7.05 Å². The highest BCUT2D eigenvalue weighted by Crippen LogP contribution is 2.19. The van der Waals surface area contributed by atoms with Crippen molar-refractivity contribution in [3.63, 3.8) is 0 Å². The number of hydrogen-bond acceptors (Lipinski definition) is 2. The number of ether oxygens (including phenoxy) is 1. The van der Waals surface area contributed by atoms with E-state index in [9.17, 15) is 4.39 Å². The van der Waals surface area contributed by atoms with Crippen LogP contribution in [0, 0.1) is 5.82 Å². The smallest absolute Gasteiger partial charge is 0.123 e. The maximum absolute atomic E-state index is 13.1. The van der Waals surface area contributed by atoms with Crippen LogP contribution in [0.2, 0.25) is 5.02 Å². The molecule has 1 aromatic carbocycles. The summed E-state index contributed by atoms with van der Waals surface area (Å²) in [5, 5.41) is 3.84. The summed E-state index contributed by atoms with van der Waals surface area (Å²) in [5.74, 6) is -0.240. The van der Waals surface area contributed by atoms with E-state index in [4.69, 9.17) is 16.3 Å². The summed E-state index contributed by atoms with van der Waals surface area (Å²) in [7, 11) is 3.60. The Labute approximate surface area is 107 Å². The molecule has 1 rings (SSSR count). The Kier molecular flexibility index (Phi) is 6.48. The van der Waals surface area contributed by atoms with Gasteiger partial charge in [0.05, 0.1) is 0 Å². The van der Waals surface area contributed by atoms with Gasteiger partial charge < -0.3 is 10.1 Å². The largest absolute Gasteiger partial charge is 0.385 e. The number of halogens is 2. The minimum absolute atomic E-state index is 0.240. The van der Waals surface area contributed by atoms with Crippen molar-refractivity contribution in [2.45, 2.75) is 25.3 Å². The van der Waals surface area contributed by atoms with E-state index in [1.165, 1.54) is 12.1 Å². The highest BCUT2D eigenvalue weighted by atomic mass is 35.5. The molecule has 0 spiro atoms. The molecule has 1 unspecified atom stereocenters. The van der Waals surface area contributed by atoms with Crippen molar-refractivity contribution in [3.05, 3.63) is 34.6 Å². The maximum atomic E-state index is 13.1. The fourth-order valence-electron chi connectivity index (χ4n) is 1.79. The van der Waals surface area contributed by atoms with E-state index in [-0.39, 0.29) is 5.82 Å². The van der Waals surface area contributed by atoms with Crippen LogP contribution in [-0.2, 0) is 11.2 Å². The van der Waals surface area contributed by atoms with Crippen LogP contribution in [0.3, 0.4) is 0 Å². The standard InChI is InChI=1S/C13H19ClFNO/c1-16-12(4-3-7-17-2)9-10-8-11(15)5-6-13(10)14/h5-6,8,12,16H,3-4,7,9H2,1-2H3. The van der Waals surface area contributed by atoms with Crippen LogP contribution in [-0.4, -0.2) is 26.8 Å². The average molecular weight is 260 g/mol. The molecule has 1 N–H and O–H groups in total. The van der Waals surface area contributed by atoms with E-state index in [2.05, 4.69) is 5.32 Å². The second-order valence-electron chi connectivity index (χ2n) is 4.06. The lowest BCUT2D eigenvalue weighted by Gasteiger charge is -2.16. The normalized spacial score (nSPS) is 12.7. The minimum atomic E-state index is -0.240. The first-order valence-electron chi connectivity index (χ1n) is 5.77. The van der Waals surface area contributed by atoms with Gasteiger partial charge in [-0.2, -0.15) is 0 Å². The molecule has 96 valence electrons. The third kappa shape index (κ3) is 5.02. The van der Waals surface area contributed by atoms with Gasteiger partial charge in [-0.3, -0.25) is 0 Å². The molecule has 0 aliphatic rings. The monoisotopic (exact) mass is 259 g/mol. The molecule has 2 nitrogen and oxygen atoms in total. The molecule has 0 aliphatic carbocycles. The van der Waals surface area contributed by atoms with Gasteiger partial charge in [-0.1, -0.05) is 11.6 Å². The van der Waals surface area contributed by atoms with Crippen molar-refractivity contribution >= 4 is 11.6 Å². The molecule has 1 aromatic rings. The van der Waals surface area contributed by atoms with Crippen LogP contribution in [0.1, 0.15) is 18.4 Å². The summed E-state index contributed by atoms with van der Waals surface area (Å²) >= 11 is 6.04. The van der Waals surface area contributed by atoms with Crippen LogP contribution in [0.25, 0.3) is 0 Å². The Bertz CT molecular complexity index is 346. The molecule has 0 bridgehead atoms. The third-order valence-electron chi connectivity index (χ3n) is 2.78. The molecule has 0 heterocycles. The number of rotatable bonds is 7. The Balaban J connectivity index is 2.57. The third-order valence-corrected chi connectivity index (χ3v) is 3.15. The molecular weight excluding hydrogens is 241 g/mol. The number of likely N-dealkylation sites (N-methyl/N-ethyl adjacent to an activating group) is 1. The highest BCUT2D eigenvalue weighted by Gasteiger charge is 2.10. The van der Waals surface area contributed by atoms with E-state index in [0.29, 0.717) is 11.1 Å².